The van der Waals surface area contributed by atoms with E-state index < -0.39 is 0 Å². The maximum absolute atomic E-state index is 12.7. The lowest BCUT2D eigenvalue weighted by molar-refractivity contribution is -0.116. The van der Waals surface area contributed by atoms with Crippen molar-refractivity contribution >= 4 is 23.3 Å². The number of oxime groups is 1. The van der Waals surface area contributed by atoms with Crippen molar-refractivity contribution in [2.24, 2.45) is 5.16 Å². The summed E-state index contributed by atoms with van der Waals surface area (Å²) in [4.78, 5) is 45.6. The van der Waals surface area contributed by atoms with E-state index in [0.717, 1.165) is 18.5 Å². The molecule has 0 atom stereocenters. The first-order valence-corrected chi connectivity index (χ1v) is 11.8. The van der Waals surface area contributed by atoms with Crippen molar-refractivity contribution in [3.05, 3.63) is 47.1 Å². The predicted molar refractivity (Wildman–Crippen MR) is 129 cm³/mol. The van der Waals surface area contributed by atoms with Crippen LogP contribution in [0.5, 0.6) is 0 Å². The number of nitrogens with zero attached hydrogens (tertiary/aromatic N) is 4. The molecule has 0 radical (unpaired) electrons. The van der Waals surface area contributed by atoms with Crippen molar-refractivity contribution in [3.8, 4) is 0 Å². The van der Waals surface area contributed by atoms with Crippen LogP contribution >= 0.6 is 0 Å². The molecule has 0 unspecified atom stereocenters. The summed E-state index contributed by atoms with van der Waals surface area (Å²) in [5, 5.41) is 9.62. The van der Waals surface area contributed by atoms with E-state index in [0.29, 0.717) is 41.5 Å². The highest BCUT2D eigenvalue weighted by Crippen LogP contribution is 2.22. The molecule has 2 aromatic rings. The molecule has 0 saturated carbocycles. The first-order chi connectivity index (χ1) is 16.5. The first kappa shape index (κ1) is 25.1. The Morgan fingerprint density at radius 1 is 1.21 bits per heavy atom. The smallest absolute Gasteiger partial charge is 0.270 e. The molecule has 0 bridgehead atoms. The number of hydrogen-bond donors (Lipinski definition) is 3. The molecule has 3 heterocycles. The predicted octanol–water partition coefficient (Wildman–Crippen LogP) is 3.67. The minimum absolute atomic E-state index is 0.119. The normalized spacial score (nSPS) is 13.9. The summed E-state index contributed by atoms with van der Waals surface area (Å²) in [7, 11) is 0. The number of imidazole rings is 1. The number of aromatic nitrogens is 4. The van der Waals surface area contributed by atoms with Gasteiger partial charge in [-0.3, -0.25) is 9.59 Å². The molecule has 0 spiro atoms. The quantitative estimate of drug-likeness (QED) is 0.189. The Kier molecular flexibility index (Phi) is 9.30. The van der Waals surface area contributed by atoms with Crippen LogP contribution in [-0.2, 0) is 22.5 Å². The average molecular weight is 468 g/mol. The molecule has 0 saturated heterocycles. The zero-order valence-corrected chi connectivity index (χ0v) is 20.1. The highest BCUT2D eigenvalue weighted by atomic mass is 16.6. The summed E-state index contributed by atoms with van der Waals surface area (Å²) in [5.41, 5.74) is 2.58. The van der Waals surface area contributed by atoms with Crippen molar-refractivity contribution in [1.29, 1.82) is 0 Å². The molecule has 1 aliphatic rings. The molecule has 1 aliphatic heterocycles. The average Bonchev–Trinajstić information content (AvgIpc) is 3.32. The maximum Gasteiger partial charge on any atom is 0.270 e. The second-order valence-electron chi connectivity index (χ2n) is 8.22. The van der Waals surface area contributed by atoms with Crippen molar-refractivity contribution in [2.45, 2.75) is 72.1 Å². The van der Waals surface area contributed by atoms with Crippen LogP contribution < -0.4 is 10.6 Å². The monoisotopic (exact) mass is 467 g/mol. The number of H-pyrrole nitrogens is 1. The van der Waals surface area contributed by atoms with Gasteiger partial charge in [-0.2, -0.15) is 0 Å². The third kappa shape index (κ3) is 6.97. The fraction of sp³-hybridized carbons (Fsp3) is 0.500. The van der Waals surface area contributed by atoms with E-state index in [1.165, 1.54) is 32.0 Å². The van der Waals surface area contributed by atoms with Crippen LogP contribution in [0.4, 0.5) is 5.82 Å². The SMILES string of the molecule is C/C=C(/CNC(=O)c1ncnc2c1CCC(=O)N2)O/N=C(\C)c1ncc(CCCCCCC)[nH]1. The zero-order valence-electron chi connectivity index (χ0n) is 20.1. The third-order valence-corrected chi connectivity index (χ3v) is 5.59. The molecule has 3 rings (SSSR count). The van der Waals surface area contributed by atoms with E-state index in [1.807, 2.05) is 13.1 Å². The van der Waals surface area contributed by atoms with E-state index in [1.54, 1.807) is 13.0 Å². The van der Waals surface area contributed by atoms with E-state index in [-0.39, 0.29) is 24.1 Å². The van der Waals surface area contributed by atoms with Gasteiger partial charge in [0, 0.05) is 23.9 Å². The van der Waals surface area contributed by atoms with E-state index in [9.17, 15) is 9.59 Å². The van der Waals surface area contributed by atoms with Crippen LogP contribution in [0.3, 0.4) is 0 Å². The van der Waals surface area contributed by atoms with Gasteiger partial charge in [-0.15, -0.1) is 0 Å². The number of amides is 2. The molecule has 0 fully saturated rings. The second-order valence-corrected chi connectivity index (χ2v) is 8.22. The summed E-state index contributed by atoms with van der Waals surface area (Å²) in [6.07, 6.45) is 12.7. The van der Waals surface area contributed by atoms with Crippen molar-refractivity contribution in [3.63, 3.8) is 0 Å². The van der Waals surface area contributed by atoms with Gasteiger partial charge in [0.15, 0.2) is 5.82 Å². The molecular weight excluding hydrogens is 434 g/mol. The first-order valence-electron chi connectivity index (χ1n) is 11.8. The van der Waals surface area contributed by atoms with Crippen molar-refractivity contribution < 1.29 is 14.4 Å². The molecular formula is C24H33N7O3. The molecule has 0 aliphatic carbocycles. The highest BCUT2D eigenvalue weighted by Gasteiger charge is 2.23. The molecule has 0 aromatic carbocycles. The minimum Gasteiger partial charge on any atom is -0.360 e. The second kappa shape index (κ2) is 12.6. The summed E-state index contributed by atoms with van der Waals surface area (Å²) >= 11 is 0. The molecule has 2 amide bonds. The fourth-order valence-corrected chi connectivity index (χ4v) is 3.58. The third-order valence-electron chi connectivity index (χ3n) is 5.59. The standard InChI is InChI=1S/C24H33N7O3/c1-4-6-7-8-9-10-17-13-25-22(29-17)16(3)31-34-18(5-2)14-26-24(33)21-19-11-12-20(32)30-23(19)28-15-27-21/h5,13,15H,4,6-12,14H2,1-3H3,(H,25,29)(H,26,33)(H,27,28,30,32)/b18-5-,31-16+. The lowest BCUT2D eigenvalue weighted by atomic mass is 10.0. The molecule has 3 N–H and O–H groups in total. The van der Waals surface area contributed by atoms with Gasteiger partial charge >= 0.3 is 0 Å². The Bertz CT molecular complexity index is 1060. The highest BCUT2D eigenvalue weighted by molar-refractivity contribution is 5.99. The topological polar surface area (TPSA) is 134 Å². The molecule has 2 aromatic heterocycles. The minimum atomic E-state index is -0.368. The fourth-order valence-electron chi connectivity index (χ4n) is 3.58. The molecule has 10 nitrogen and oxygen atoms in total. The molecule has 182 valence electrons. The van der Waals surface area contributed by atoms with Crippen LogP contribution in [0.15, 0.2) is 29.5 Å². The Hall–Kier alpha value is -3.56. The number of aryl methyl sites for hydroxylation is 1. The van der Waals surface area contributed by atoms with Gasteiger partial charge in [0.05, 0.1) is 6.54 Å². The van der Waals surface area contributed by atoms with Crippen LogP contribution in [0.25, 0.3) is 0 Å². The molecule has 10 heteroatoms. The Morgan fingerprint density at radius 2 is 2.03 bits per heavy atom. The lowest BCUT2D eigenvalue weighted by Crippen LogP contribution is -2.30. The number of rotatable bonds is 12. The Balaban J connectivity index is 1.51. The number of carbonyl (C=O) groups is 2. The van der Waals surface area contributed by atoms with Crippen molar-refractivity contribution in [2.75, 3.05) is 11.9 Å². The van der Waals surface area contributed by atoms with Crippen LogP contribution in [-0.4, -0.2) is 44.0 Å². The van der Waals surface area contributed by atoms with Crippen molar-refractivity contribution in [1.82, 2.24) is 25.3 Å². The lowest BCUT2D eigenvalue weighted by Gasteiger charge is -2.17. The van der Waals surface area contributed by atoms with Gasteiger partial charge in [-0.05, 0) is 39.2 Å². The number of anilines is 1. The summed E-state index contributed by atoms with van der Waals surface area (Å²) in [6.45, 7) is 5.97. The van der Waals surface area contributed by atoms with Crippen LogP contribution in [0.1, 0.15) is 86.9 Å². The van der Waals surface area contributed by atoms with Crippen LogP contribution in [0.2, 0.25) is 0 Å². The number of nitrogens with one attached hydrogen (secondary N) is 3. The summed E-state index contributed by atoms with van der Waals surface area (Å²) < 4.78 is 0. The number of hydrogen-bond acceptors (Lipinski definition) is 7. The summed E-state index contributed by atoms with van der Waals surface area (Å²) in [6, 6.07) is 0. The van der Waals surface area contributed by atoms with E-state index >= 15 is 0 Å². The van der Waals surface area contributed by atoms with Crippen LogP contribution in [0, 0.1) is 0 Å². The number of fused-ring (bicyclic) bond motifs is 1. The summed E-state index contributed by atoms with van der Waals surface area (Å²) in [5.74, 6) is 1.04. The number of carbonyl (C=O) groups excluding carboxylic acids is 2. The maximum atomic E-state index is 12.7. The van der Waals surface area contributed by atoms with E-state index in [2.05, 4.69) is 42.6 Å². The van der Waals surface area contributed by atoms with Gasteiger partial charge in [0.1, 0.15) is 29.3 Å². The van der Waals surface area contributed by atoms with Gasteiger partial charge in [-0.25, -0.2) is 15.0 Å². The molecule has 34 heavy (non-hydrogen) atoms. The number of aromatic amines is 1. The van der Waals surface area contributed by atoms with Gasteiger partial charge < -0.3 is 20.5 Å². The van der Waals surface area contributed by atoms with Gasteiger partial charge in [0.2, 0.25) is 5.91 Å². The number of unbranched alkanes of at least 4 members (excludes halogenated alkanes) is 4. The largest absolute Gasteiger partial charge is 0.360 e. The van der Waals surface area contributed by atoms with Gasteiger partial charge in [-0.1, -0.05) is 37.8 Å². The zero-order chi connectivity index (χ0) is 24.3. The Labute approximate surface area is 199 Å². The Morgan fingerprint density at radius 3 is 2.82 bits per heavy atom. The van der Waals surface area contributed by atoms with Gasteiger partial charge in [0.25, 0.3) is 5.91 Å². The number of allylic oxidation sites excluding steroid dienone is 1. The van der Waals surface area contributed by atoms with E-state index in [4.69, 9.17) is 4.84 Å².